The quantitative estimate of drug-likeness (QED) is 0.661. The summed E-state index contributed by atoms with van der Waals surface area (Å²) in [6.45, 7) is 0. The zero-order valence-corrected chi connectivity index (χ0v) is 9.41. The van der Waals surface area contributed by atoms with E-state index in [0.717, 1.165) is 16.5 Å². The lowest BCUT2D eigenvalue weighted by Gasteiger charge is -2.06. The molecule has 18 heavy (non-hydrogen) atoms. The first-order valence-corrected chi connectivity index (χ1v) is 5.33. The van der Waals surface area contributed by atoms with Crippen molar-refractivity contribution in [3.05, 3.63) is 36.8 Å². The number of aromatic nitrogens is 4. The Kier molecular flexibility index (Phi) is 2.26. The maximum Gasteiger partial charge on any atom is 0.222 e. The third kappa shape index (κ3) is 1.69. The number of anilines is 2. The Morgan fingerprint density at radius 1 is 1.06 bits per heavy atom. The van der Waals surface area contributed by atoms with Gasteiger partial charge in [0, 0.05) is 35.1 Å². The van der Waals surface area contributed by atoms with E-state index in [1.807, 2.05) is 18.2 Å². The standard InChI is InChI=1S/C12H10N6/c13-10-9(7-2-1-3-15-5-7)4-8-6-16-12(14)18-11(8)17-10/h1-6H,(H4,13,14,16,17,18). The fourth-order valence-corrected chi connectivity index (χ4v) is 1.74. The first-order valence-electron chi connectivity index (χ1n) is 5.33. The zero-order valence-electron chi connectivity index (χ0n) is 9.41. The Labute approximate surface area is 103 Å². The average Bonchev–Trinajstić information content (AvgIpc) is 2.39. The smallest absolute Gasteiger partial charge is 0.222 e. The second-order valence-corrected chi connectivity index (χ2v) is 3.80. The molecule has 3 heterocycles. The normalized spacial score (nSPS) is 10.7. The van der Waals surface area contributed by atoms with Gasteiger partial charge in [-0.1, -0.05) is 6.07 Å². The maximum absolute atomic E-state index is 5.93. The molecule has 0 amide bonds. The Hall–Kier alpha value is -2.76. The molecule has 0 saturated heterocycles. The molecule has 0 radical (unpaired) electrons. The molecule has 0 aliphatic heterocycles. The fourth-order valence-electron chi connectivity index (χ4n) is 1.74. The van der Waals surface area contributed by atoms with Gasteiger partial charge in [-0.2, -0.15) is 4.98 Å². The molecule has 6 heteroatoms. The molecule has 4 N–H and O–H groups in total. The number of fused-ring (bicyclic) bond motifs is 1. The third-order valence-corrected chi connectivity index (χ3v) is 2.59. The molecule has 6 nitrogen and oxygen atoms in total. The molecular weight excluding hydrogens is 228 g/mol. The summed E-state index contributed by atoms with van der Waals surface area (Å²) < 4.78 is 0. The molecule has 88 valence electrons. The number of hydrogen-bond donors (Lipinski definition) is 2. The van der Waals surface area contributed by atoms with E-state index in [9.17, 15) is 0 Å². The van der Waals surface area contributed by atoms with E-state index in [4.69, 9.17) is 11.5 Å². The molecule has 0 spiro atoms. The van der Waals surface area contributed by atoms with Crippen LogP contribution >= 0.6 is 0 Å². The van der Waals surface area contributed by atoms with E-state index in [1.54, 1.807) is 18.6 Å². The van der Waals surface area contributed by atoms with Crippen LogP contribution < -0.4 is 11.5 Å². The first-order chi connectivity index (χ1) is 8.74. The van der Waals surface area contributed by atoms with Crippen molar-refractivity contribution in [3.63, 3.8) is 0 Å². The van der Waals surface area contributed by atoms with E-state index < -0.39 is 0 Å². The number of nitrogen functional groups attached to an aromatic ring is 2. The summed E-state index contributed by atoms with van der Waals surface area (Å²) in [5, 5.41) is 0.789. The molecule has 0 unspecified atom stereocenters. The predicted molar refractivity (Wildman–Crippen MR) is 69.4 cm³/mol. The largest absolute Gasteiger partial charge is 0.383 e. The van der Waals surface area contributed by atoms with Gasteiger partial charge in [0.25, 0.3) is 0 Å². The lowest BCUT2D eigenvalue weighted by atomic mass is 10.1. The predicted octanol–water partition coefficient (Wildman–Crippen LogP) is 1.25. The van der Waals surface area contributed by atoms with Gasteiger partial charge in [0.05, 0.1) is 0 Å². The van der Waals surface area contributed by atoms with Crippen molar-refractivity contribution >= 4 is 22.8 Å². The highest BCUT2D eigenvalue weighted by Gasteiger charge is 2.08. The molecule has 0 aliphatic carbocycles. The van der Waals surface area contributed by atoms with Crippen molar-refractivity contribution in [1.29, 1.82) is 0 Å². The van der Waals surface area contributed by atoms with Gasteiger partial charge in [0.1, 0.15) is 5.82 Å². The van der Waals surface area contributed by atoms with Crippen LogP contribution in [0.5, 0.6) is 0 Å². The van der Waals surface area contributed by atoms with Crippen molar-refractivity contribution in [2.45, 2.75) is 0 Å². The highest BCUT2D eigenvalue weighted by Crippen LogP contribution is 2.26. The monoisotopic (exact) mass is 238 g/mol. The van der Waals surface area contributed by atoms with Gasteiger partial charge >= 0.3 is 0 Å². The molecule has 0 aromatic carbocycles. The van der Waals surface area contributed by atoms with E-state index in [0.29, 0.717) is 11.5 Å². The van der Waals surface area contributed by atoms with Crippen LogP contribution in [0.25, 0.3) is 22.2 Å². The van der Waals surface area contributed by atoms with Crippen LogP contribution in [-0.4, -0.2) is 19.9 Å². The molecule has 0 fully saturated rings. The molecule has 3 rings (SSSR count). The second kappa shape index (κ2) is 3.92. The SMILES string of the molecule is Nc1ncc2cc(-c3cccnc3)c(N)nc2n1. The Bertz CT molecular complexity index is 710. The Morgan fingerprint density at radius 2 is 1.94 bits per heavy atom. The molecule has 0 aliphatic rings. The molecule has 0 atom stereocenters. The molecule has 0 saturated carbocycles. The average molecular weight is 238 g/mol. The summed E-state index contributed by atoms with van der Waals surface area (Å²) >= 11 is 0. The van der Waals surface area contributed by atoms with Crippen LogP contribution in [0.3, 0.4) is 0 Å². The number of nitrogens with zero attached hydrogens (tertiary/aromatic N) is 4. The van der Waals surface area contributed by atoms with Gasteiger partial charge in [0.15, 0.2) is 5.65 Å². The van der Waals surface area contributed by atoms with E-state index >= 15 is 0 Å². The first kappa shape index (κ1) is 10.4. The summed E-state index contributed by atoms with van der Waals surface area (Å²) in [6.07, 6.45) is 5.07. The van der Waals surface area contributed by atoms with Gasteiger partial charge in [-0.05, 0) is 12.1 Å². The lowest BCUT2D eigenvalue weighted by molar-refractivity contribution is 1.20. The van der Waals surface area contributed by atoms with Crippen LogP contribution in [0.2, 0.25) is 0 Å². The summed E-state index contributed by atoms with van der Waals surface area (Å²) in [4.78, 5) is 16.3. The van der Waals surface area contributed by atoms with Crippen LogP contribution in [0.15, 0.2) is 36.8 Å². The van der Waals surface area contributed by atoms with Gasteiger partial charge < -0.3 is 11.5 Å². The van der Waals surface area contributed by atoms with Crippen molar-refractivity contribution < 1.29 is 0 Å². The van der Waals surface area contributed by atoms with Crippen LogP contribution in [0.1, 0.15) is 0 Å². The summed E-state index contributed by atoms with van der Waals surface area (Å²) in [6, 6.07) is 5.65. The highest BCUT2D eigenvalue weighted by molar-refractivity contribution is 5.86. The molecule has 0 bridgehead atoms. The number of rotatable bonds is 1. The summed E-state index contributed by atoms with van der Waals surface area (Å²) in [5.41, 5.74) is 13.6. The van der Waals surface area contributed by atoms with Crippen molar-refractivity contribution in [3.8, 4) is 11.1 Å². The number of hydrogen-bond acceptors (Lipinski definition) is 6. The van der Waals surface area contributed by atoms with Gasteiger partial charge in [-0.3, -0.25) is 4.98 Å². The van der Waals surface area contributed by atoms with E-state index in [1.165, 1.54) is 0 Å². The molecule has 3 aromatic rings. The minimum absolute atomic E-state index is 0.184. The second-order valence-electron chi connectivity index (χ2n) is 3.80. The Balaban J connectivity index is 2.25. The third-order valence-electron chi connectivity index (χ3n) is 2.59. The van der Waals surface area contributed by atoms with Gasteiger partial charge in [0.2, 0.25) is 5.95 Å². The zero-order chi connectivity index (χ0) is 12.5. The van der Waals surface area contributed by atoms with Crippen molar-refractivity contribution in [2.75, 3.05) is 11.5 Å². The number of nitrogens with two attached hydrogens (primary N) is 2. The van der Waals surface area contributed by atoms with Crippen molar-refractivity contribution in [1.82, 2.24) is 19.9 Å². The highest BCUT2D eigenvalue weighted by atomic mass is 15.0. The van der Waals surface area contributed by atoms with Gasteiger partial charge in [-0.15, -0.1) is 0 Å². The minimum Gasteiger partial charge on any atom is -0.383 e. The maximum atomic E-state index is 5.93. The molecular formula is C12H10N6. The van der Waals surface area contributed by atoms with Crippen molar-refractivity contribution in [2.24, 2.45) is 0 Å². The molecule has 3 aromatic heterocycles. The van der Waals surface area contributed by atoms with Crippen LogP contribution in [0, 0.1) is 0 Å². The fraction of sp³-hybridized carbons (Fsp3) is 0. The van der Waals surface area contributed by atoms with Crippen LogP contribution in [0.4, 0.5) is 11.8 Å². The number of pyridine rings is 2. The van der Waals surface area contributed by atoms with E-state index in [-0.39, 0.29) is 5.95 Å². The van der Waals surface area contributed by atoms with Crippen LogP contribution in [-0.2, 0) is 0 Å². The van der Waals surface area contributed by atoms with E-state index in [2.05, 4.69) is 19.9 Å². The summed E-state index contributed by atoms with van der Waals surface area (Å²) in [5.74, 6) is 0.581. The lowest BCUT2D eigenvalue weighted by Crippen LogP contribution is -2.00. The summed E-state index contributed by atoms with van der Waals surface area (Å²) in [7, 11) is 0. The Morgan fingerprint density at radius 3 is 2.72 bits per heavy atom. The van der Waals surface area contributed by atoms with Gasteiger partial charge in [-0.25, -0.2) is 9.97 Å². The topological polar surface area (TPSA) is 104 Å². The minimum atomic E-state index is 0.184.